The van der Waals surface area contributed by atoms with Crippen molar-refractivity contribution in [2.45, 2.75) is 6.10 Å². The first-order valence-corrected chi connectivity index (χ1v) is 4.26. The molecule has 0 spiro atoms. The van der Waals surface area contributed by atoms with E-state index in [0.717, 1.165) is 5.56 Å². The quantitative estimate of drug-likeness (QED) is 0.601. The Bertz CT molecular complexity index is 477. The number of fused-ring (bicyclic) bond motifs is 3. The standard InChI is InChI=1S/C10H6N2O2/c13-10-9-8(11-5-12-10)6-3-1-2-4-7(6)14-9/h1-5,9H. The number of ether oxygens (including phenoxy) is 1. The molecular weight excluding hydrogens is 180 g/mol. The summed E-state index contributed by atoms with van der Waals surface area (Å²) in [6.45, 7) is 0. The Morgan fingerprint density at radius 2 is 2.14 bits per heavy atom. The number of amides is 1. The van der Waals surface area contributed by atoms with Gasteiger partial charge in [-0.3, -0.25) is 4.79 Å². The average molecular weight is 186 g/mol. The fraction of sp³-hybridized carbons (Fsp3) is 0.100. The fourth-order valence-electron chi connectivity index (χ4n) is 1.63. The maximum Gasteiger partial charge on any atom is 0.294 e. The number of rotatable bonds is 0. The lowest BCUT2D eigenvalue weighted by Gasteiger charge is -2.08. The van der Waals surface area contributed by atoms with Crippen molar-refractivity contribution in [3.63, 3.8) is 0 Å². The van der Waals surface area contributed by atoms with Crippen LogP contribution in [0.4, 0.5) is 0 Å². The van der Waals surface area contributed by atoms with E-state index >= 15 is 0 Å². The van der Waals surface area contributed by atoms with Crippen LogP contribution in [0.25, 0.3) is 0 Å². The largest absolute Gasteiger partial charge is 0.473 e. The molecule has 68 valence electrons. The van der Waals surface area contributed by atoms with Gasteiger partial charge < -0.3 is 4.74 Å². The third kappa shape index (κ3) is 0.849. The van der Waals surface area contributed by atoms with Crippen molar-refractivity contribution in [1.29, 1.82) is 0 Å². The first-order valence-electron chi connectivity index (χ1n) is 4.26. The molecule has 1 atom stereocenters. The normalized spacial score (nSPS) is 22.4. The van der Waals surface area contributed by atoms with E-state index in [4.69, 9.17) is 4.74 Å². The molecule has 0 saturated carbocycles. The van der Waals surface area contributed by atoms with Crippen molar-refractivity contribution < 1.29 is 9.53 Å². The van der Waals surface area contributed by atoms with Crippen molar-refractivity contribution in [3.8, 4) is 5.75 Å². The van der Waals surface area contributed by atoms with Gasteiger partial charge in [-0.15, -0.1) is 0 Å². The van der Waals surface area contributed by atoms with Crippen LogP contribution in [0, 0.1) is 0 Å². The van der Waals surface area contributed by atoms with Gasteiger partial charge in [0, 0.05) is 5.56 Å². The average Bonchev–Trinajstić information content (AvgIpc) is 2.59. The number of carbonyl (C=O) groups excluding carboxylic acids is 1. The second kappa shape index (κ2) is 2.51. The number of hydrogen-bond donors (Lipinski definition) is 0. The zero-order chi connectivity index (χ0) is 9.54. The Kier molecular flexibility index (Phi) is 1.33. The highest BCUT2D eigenvalue weighted by Gasteiger charge is 2.36. The predicted molar refractivity (Wildman–Crippen MR) is 50.9 cm³/mol. The molecule has 1 aromatic carbocycles. The molecule has 0 fully saturated rings. The molecule has 0 aromatic heterocycles. The lowest BCUT2D eigenvalue weighted by atomic mass is 10.1. The van der Waals surface area contributed by atoms with Gasteiger partial charge in [-0.25, -0.2) is 4.99 Å². The molecule has 0 saturated heterocycles. The van der Waals surface area contributed by atoms with Crippen LogP contribution in [-0.2, 0) is 4.79 Å². The predicted octanol–water partition coefficient (Wildman–Crippen LogP) is 0.805. The van der Waals surface area contributed by atoms with Crippen LogP contribution in [0.15, 0.2) is 34.3 Å². The summed E-state index contributed by atoms with van der Waals surface area (Å²) in [6.07, 6.45) is 0.650. The first kappa shape index (κ1) is 7.44. The van der Waals surface area contributed by atoms with E-state index in [1.165, 1.54) is 6.34 Å². The van der Waals surface area contributed by atoms with Gasteiger partial charge in [-0.05, 0) is 12.1 Å². The Hall–Kier alpha value is -1.97. The Balaban J connectivity index is 2.19. The van der Waals surface area contributed by atoms with Crippen LogP contribution in [0.3, 0.4) is 0 Å². The summed E-state index contributed by atoms with van der Waals surface area (Å²) in [5.41, 5.74) is 1.55. The molecule has 1 unspecified atom stereocenters. The van der Waals surface area contributed by atoms with Gasteiger partial charge in [0.15, 0.2) is 0 Å². The summed E-state index contributed by atoms with van der Waals surface area (Å²) in [5.74, 6) is 0.418. The summed E-state index contributed by atoms with van der Waals surface area (Å²) in [7, 11) is 0. The van der Waals surface area contributed by atoms with Gasteiger partial charge >= 0.3 is 0 Å². The van der Waals surface area contributed by atoms with Crippen LogP contribution in [0.5, 0.6) is 5.75 Å². The van der Waals surface area contributed by atoms with Gasteiger partial charge in [0.1, 0.15) is 17.8 Å². The lowest BCUT2D eigenvalue weighted by molar-refractivity contribution is -0.121. The molecule has 14 heavy (non-hydrogen) atoms. The minimum atomic E-state index is -0.627. The maximum absolute atomic E-state index is 11.3. The highest BCUT2D eigenvalue weighted by atomic mass is 16.5. The van der Waals surface area contributed by atoms with Gasteiger partial charge in [-0.2, -0.15) is 4.99 Å². The third-order valence-corrected chi connectivity index (χ3v) is 2.26. The van der Waals surface area contributed by atoms with Crippen LogP contribution in [0.2, 0.25) is 0 Å². The number of carbonyl (C=O) groups is 1. The molecule has 2 aliphatic rings. The minimum absolute atomic E-state index is 0.286. The molecule has 2 heterocycles. The highest BCUT2D eigenvalue weighted by molar-refractivity contribution is 6.23. The molecule has 0 bridgehead atoms. The SMILES string of the molecule is O=C1N=CN=C2c3ccccc3OC12. The molecule has 2 aliphatic heterocycles. The van der Waals surface area contributed by atoms with E-state index < -0.39 is 6.10 Å². The zero-order valence-corrected chi connectivity index (χ0v) is 7.18. The number of benzene rings is 1. The van der Waals surface area contributed by atoms with Gasteiger partial charge in [0.2, 0.25) is 6.10 Å². The Morgan fingerprint density at radius 3 is 3.07 bits per heavy atom. The van der Waals surface area contributed by atoms with Crippen molar-refractivity contribution in [2.75, 3.05) is 0 Å². The summed E-state index contributed by atoms with van der Waals surface area (Å²) in [6, 6.07) is 7.47. The lowest BCUT2D eigenvalue weighted by Crippen LogP contribution is -2.32. The topological polar surface area (TPSA) is 51.0 Å². The monoisotopic (exact) mass is 186 g/mol. The van der Waals surface area contributed by atoms with Crippen molar-refractivity contribution in [1.82, 2.24) is 0 Å². The fourth-order valence-corrected chi connectivity index (χ4v) is 1.63. The number of nitrogens with zero attached hydrogens (tertiary/aromatic N) is 2. The Morgan fingerprint density at radius 1 is 1.29 bits per heavy atom. The van der Waals surface area contributed by atoms with Crippen molar-refractivity contribution >= 4 is 18.0 Å². The summed E-state index contributed by atoms with van der Waals surface area (Å²) in [4.78, 5) is 19.0. The minimum Gasteiger partial charge on any atom is -0.473 e. The summed E-state index contributed by atoms with van der Waals surface area (Å²) in [5, 5.41) is 0. The van der Waals surface area contributed by atoms with E-state index in [9.17, 15) is 4.79 Å². The van der Waals surface area contributed by atoms with E-state index in [1.54, 1.807) is 0 Å². The molecule has 0 radical (unpaired) electrons. The van der Waals surface area contributed by atoms with E-state index in [1.807, 2.05) is 24.3 Å². The smallest absolute Gasteiger partial charge is 0.294 e. The van der Waals surface area contributed by atoms with Crippen LogP contribution in [-0.4, -0.2) is 24.1 Å². The van der Waals surface area contributed by atoms with Gasteiger partial charge in [-0.1, -0.05) is 12.1 Å². The van der Waals surface area contributed by atoms with Gasteiger partial charge in [0.05, 0.1) is 0 Å². The molecule has 1 amide bonds. The van der Waals surface area contributed by atoms with E-state index in [0.29, 0.717) is 11.5 Å². The first-order chi connectivity index (χ1) is 6.86. The van der Waals surface area contributed by atoms with E-state index in [-0.39, 0.29) is 5.91 Å². The molecular formula is C10H6N2O2. The number of hydrogen-bond acceptors (Lipinski definition) is 3. The van der Waals surface area contributed by atoms with Crippen LogP contribution >= 0.6 is 0 Å². The molecule has 4 heteroatoms. The highest BCUT2D eigenvalue weighted by Crippen LogP contribution is 2.30. The number of para-hydroxylation sites is 1. The summed E-state index contributed by atoms with van der Waals surface area (Å²) >= 11 is 0. The van der Waals surface area contributed by atoms with Crippen molar-refractivity contribution in [2.24, 2.45) is 9.98 Å². The van der Waals surface area contributed by atoms with Gasteiger partial charge in [0.25, 0.3) is 5.91 Å². The Labute approximate surface area is 79.9 Å². The maximum atomic E-state index is 11.3. The summed E-state index contributed by atoms with van der Waals surface area (Å²) < 4.78 is 5.43. The second-order valence-corrected chi connectivity index (χ2v) is 3.09. The number of aliphatic imine (C=N–C) groups is 2. The molecule has 3 rings (SSSR count). The van der Waals surface area contributed by atoms with Crippen molar-refractivity contribution in [3.05, 3.63) is 29.8 Å². The molecule has 0 aliphatic carbocycles. The third-order valence-electron chi connectivity index (χ3n) is 2.26. The zero-order valence-electron chi connectivity index (χ0n) is 7.18. The second-order valence-electron chi connectivity index (χ2n) is 3.09. The van der Waals surface area contributed by atoms with Crippen LogP contribution < -0.4 is 4.74 Å². The van der Waals surface area contributed by atoms with E-state index in [2.05, 4.69) is 9.98 Å². The molecule has 1 aromatic rings. The molecule has 0 N–H and O–H groups in total. The van der Waals surface area contributed by atoms with Crippen LogP contribution in [0.1, 0.15) is 5.56 Å². The molecule has 4 nitrogen and oxygen atoms in total.